The summed E-state index contributed by atoms with van der Waals surface area (Å²) in [6, 6.07) is 7.85. The molecule has 1 N–H and O–H groups in total. The molecule has 186 valence electrons. The van der Waals surface area contributed by atoms with E-state index in [1.807, 2.05) is 18.2 Å². The molecule has 0 spiro atoms. The first-order valence-electron chi connectivity index (χ1n) is 11.3. The molecule has 2 aromatic heterocycles. The maximum Gasteiger partial charge on any atom is 0.433 e. The molecule has 1 saturated carbocycles. The summed E-state index contributed by atoms with van der Waals surface area (Å²) in [5.74, 6) is 0.228. The van der Waals surface area contributed by atoms with E-state index in [-0.39, 0.29) is 52.2 Å². The Balaban J connectivity index is 1.18. The summed E-state index contributed by atoms with van der Waals surface area (Å²) in [5.41, 5.74) is -0.371. The second-order valence-electron chi connectivity index (χ2n) is 9.49. The molecule has 0 bridgehead atoms. The van der Waals surface area contributed by atoms with Crippen LogP contribution in [-0.2, 0) is 16.0 Å². The van der Waals surface area contributed by atoms with E-state index >= 15 is 0 Å². The molecular weight excluding hydrogens is 503 g/mol. The zero-order valence-corrected chi connectivity index (χ0v) is 20.2. The number of piperidine rings is 1. The maximum absolute atomic E-state index is 13.5. The molecule has 4 heterocycles. The topological polar surface area (TPSA) is 99.5 Å². The summed E-state index contributed by atoms with van der Waals surface area (Å²) >= 11 is 1.16. The molecule has 2 aliphatic heterocycles. The zero-order valence-electron chi connectivity index (χ0n) is 18.6. The molecule has 5 atom stereocenters. The summed E-state index contributed by atoms with van der Waals surface area (Å²) in [7, 11) is -3.55. The van der Waals surface area contributed by atoms with Crippen molar-refractivity contribution in [3.8, 4) is 0 Å². The van der Waals surface area contributed by atoms with E-state index in [4.69, 9.17) is 0 Å². The molecule has 1 aromatic carbocycles. The van der Waals surface area contributed by atoms with Crippen molar-refractivity contribution in [1.29, 1.82) is 0 Å². The third-order valence-electron chi connectivity index (χ3n) is 7.33. The lowest BCUT2D eigenvalue weighted by molar-refractivity contribution is -0.141. The number of para-hydroxylation sites is 1. The minimum atomic E-state index is -4.63. The van der Waals surface area contributed by atoms with Crippen molar-refractivity contribution < 1.29 is 26.7 Å². The molecule has 0 radical (unpaired) electrons. The number of nitrogens with zero attached hydrogens (tertiary/aromatic N) is 5. The minimum absolute atomic E-state index is 0.0119. The van der Waals surface area contributed by atoms with Crippen LogP contribution in [0.5, 0.6) is 0 Å². The van der Waals surface area contributed by atoms with E-state index in [1.54, 1.807) is 22.8 Å². The molecule has 1 aliphatic carbocycles. The summed E-state index contributed by atoms with van der Waals surface area (Å²) in [4.78, 5) is 15.7. The van der Waals surface area contributed by atoms with Gasteiger partial charge in [-0.05, 0) is 36.8 Å². The fourth-order valence-electron chi connectivity index (χ4n) is 5.10. The maximum atomic E-state index is 13.5. The van der Waals surface area contributed by atoms with Gasteiger partial charge in [0, 0.05) is 25.7 Å². The van der Waals surface area contributed by atoms with Crippen LogP contribution >= 0.6 is 11.3 Å². The van der Waals surface area contributed by atoms with Crippen LogP contribution in [0.25, 0.3) is 10.2 Å². The van der Waals surface area contributed by atoms with Gasteiger partial charge in [-0.3, -0.25) is 0 Å². The highest BCUT2D eigenvalue weighted by atomic mass is 32.2. The number of hydrogen-bond acceptors (Lipinski definition) is 9. The van der Waals surface area contributed by atoms with E-state index in [1.165, 1.54) is 0 Å². The van der Waals surface area contributed by atoms with Crippen molar-refractivity contribution in [2.45, 2.75) is 29.6 Å². The molecule has 0 amide bonds. The number of anilines is 2. The number of aromatic nitrogens is 3. The van der Waals surface area contributed by atoms with E-state index in [2.05, 4.69) is 15.0 Å². The van der Waals surface area contributed by atoms with Crippen LogP contribution in [0.4, 0.5) is 24.9 Å². The molecule has 3 aromatic rings. The van der Waals surface area contributed by atoms with Gasteiger partial charge in [-0.2, -0.15) is 18.2 Å². The normalized spacial score (nSPS) is 28.3. The van der Waals surface area contributed by atoms with E-state index in [0.717, 1.165) is 22.1 Å². The van der Waals surface area contributed by atoms with Crippen molar-refractivity contribution in [3.05, 3.63) is 36.0 Å². The van der Waals surface area contributed by atoms with Crippen LogP contribution in [-0.4, -0.2) is 66.0 Å². The first-order valence-corrected chi connectivity index (χ1v) is 13.7. The largest absolute Gasteiger partial charge is 0.433 e. The van der Waals surface area contributed by atoms with Crippen molar-refractivity contribution in [1.82, 2.24) is 15.0 Å². The zero-order chi connectivity index (χ0) is 24.7. The van der Waals surface area contributed by atoms with Crippen molar-refractivity contribution in [2.24, 2.45) is 17.8 Å². The van der Waals surface area contributed by atoms with Crippen LogP contribution in [0.2, 0.25) is 0 Å². The molecular formula is C22H22F3N5O3S2. The minimum Gasteiger partial charge on any atom is -0.389 e. The van der Waals surface area contributed by atoms with Gasteiger partial charge in [-0.25, -0.2) is 18.4 Å². The molecule has 6 rings (SSSR count). The monoisotopic (exact) mass is 525 g/mol. The first kappa shape index (κ1) is 22.9. The van der Waals surface area contributed by atoms with Crippen LogP contribution < -0.4 is 9.80 Å². The Morgan fingerprint density at radius 1 is 1.11 bits per heavy atom. The van der Waals surface area contributed by atoms with Gasteiger partial charge in [0.2, 0.25) is 20.1 Å². The summed E-state index contributed by atoms with van der Waals surface area (Å²) in [6.07, 6.45) is -5.26. The number of hydrogen-bond donors (Lipinski definition) is 1. The van der Waals surface area contributed by atoms with Gasteiger partial charge in [0.25, 0.3) is 0 Å². The summed E-state index contributed by atoms with van der Waals surface area (Å²) in [5, 5.41) is 9.76. The second-order valence-corrected chi connectivity index (χ2v) is 12.7. The van der Waals surface area contributed by atoms with Gasteiger partial charge in [0.1, 0.15) is 5.82 Å². The number of aliphatic hydroxyl groups excluding tert-OH is 1. The lowest BCUT2D eigenvalue weighted by Gasteiger charge is -2.43. The highest BCUT2D eigenvalue weighted by Gasteiger charge is 2.57. The third-order valence-corrected chi connectivity index (χ3v) is 10.6. The average molecular weight is 526 g/mol. The van der Waals surface area contributed by atoms with Crippen molar-refractivity contribution in [3.63, 3.8) is 0 Å². The van der Waals surface area contributed by atoms with Crippen LogP contribution in [0.1, 0.15) is 12.6 Å². The van der Waals surface area contributed by atoms with Crippen LogP contribution in [0.15, 0.2) is 34.7 Å². The Morgan fingerprint density at radius 2 is 1.83 bits per heavy atom. The number of aliphatic hydroxyl groups is 1. The second kappa shape index (κ2) is 7.74. The Morgan fingerprint density at radius 3 is 2.46 bits per heavy atom. The quantitative estimate of drug-likeness (QED) is 0.543. The molecule has 3 fully saturated rings. The van der Waals surface area contributed by atoms with Gasteiger partial charge in [0.05, 0.1) is 28.1 Å². The Hall–Kier alpha value is -2.51. The molecule has 13 heteroatoms. The Bertz CT molecular complexity index is 1370. The Kier molecular flexibility index (Phi) is 5.07. The molecule has 8 nitrogen and oxygen atoms in total. The molecule has 35 heavy (non-hydrogen) atoms. The summed E-state index contributed by atoms with van der Waals surface area (Å²) in [6.45, 7) is 2.77. The predicted octanol–water partition coefficient (Wildman–Crippen LogP) is 2.83. The smallest absolute Gasteiger partial charge is 0.389 e. The van der Waals surface area contributed by atoms with Gasteiger partial charge in [0.15, 0.2) is 5.69 Å². The van der Waals surface area contributed by atoms with Gasteiger partial charge in [-0.15, -0.1) is 11.3 Å². The van der Waals surface area contributed by atoms with Crippen molar-refractivity contribution in [2.75, 3.05) is 35.2 Å². The molecule has 2 saturated heterocycles. The highest BCUT2D eigenvalue weighted by Crippen LogP contribution is 2.53. The van der Waals surface area contributed by atoms with Gasteiger partial charge in [-0.1, -0.05) is 12.1 Å². The molecule has 3 aliphatic rings. The number of fused-ring (bicyclic) bond motifs is 2. The highest BCUT2D eigenvalue weighted by molar-refractivity contribution is 7.93. The Labute approximate surface area is 203 Å². The fraction of sp³-hybridized carbons (Fsp3) is 0.500. The third kappa shape index (κ3) is 3.93. The van der Waals surface area contributed by atoms with Gasteiger partial charge < -0.3 is 14.9 Å². The predicted molar refractivity (Wildman–Crippen MR) is 124 cm³/mol. The van der Waals surface area contributed by atoms with Crippen LogP contribution in [0, 0.1) is 17.8 Å². The fourth-order valence-corrected chi connectivity index (χ4v) is 8.16. The summed E-state index contributed by atoms with van der Waals surface area (Å²) < 4.78 is 67.4. The lowest BCUT2D eigenvalue weighted by atomic mass is 10.0. The average Bonchev–Trinajstić information content (AvgIpc) is 3.19. The van der Waals surface area contributed by atoms with Crippen molar-refractivity contribution >= 4 is 43.2 Å². The number of thiazole rings is 1. The number of rotatable bonds is 5. The van der Waals surface area contributed by atoms with E-state index in [0.29, 0.717) is 18.6 Å². The standard InChI is InChI=1S/C22H22F3N5O3S2/c1-11-16(31)9-30(11)20-27-18(22(23,24)25)6-19(28-20)29-7-12-13(8-29)14(12)10-35(32,33)21-26-15-4-2-3-5-17(15)34-21/h2-6,11-14,16,31H,7-10H2,1H3/t11-,12-,13+,14+,16+/m0/s1. The number of alkyl halides is 3. The van der Waals surface area contributed by atoms with E-state index < -0.39 is 27.8 Å². The SMILES string of the molecule is C[C@H]1[C@H](O)CN1c1nc(N2C[C@@H]3[C@H](C2)[C@H]3CS(=O)(=O)c2nc3ccccc3s2)cc(C(F)(F)F)n1. The number of benzene rings is 1. The van der Waals surface area contributed by atoms with Crippen LogP contribution in [0.3, 0.4) is 0 Å². The lowest BCUT2D eigenvalue weighted by Crippen LogP contribution is -2.59. The molecule has 0 unspecified atom stereocenters. The van der Waals surface area contributed by atoms with Gasteiger partial charge >= 0.3 is 6.18 Å². The first-order chi connectivity index (χ1) is 16.5. The number of sulfone groups is 1. The van der Waals surface area contributed by atoms with E-state index in [9.17, 15) is 26.7 Å². The number of halogens is 3. The number of β-amino-alcohol motifs (C(OH)–C–C–N with tert-alkyl or cyclic N) is 1.